The number of aliphatic carboxylic acids is 1. The van der Waals surface area contributed by atoms with E-state index in [1.165, 1.54) is 0 Å². The Labute approximate surface area is 134 Å². The average molecular weight is 309 g/mol. The molecule has 1 fully saturated rings. The maximum Gasteiger partial charge on any atom is 0.311 e. The van der Waals surface area contributed by atoms with Crippen LogP contribution in [-0.2, 0) is 17.8 Å². The predicted octanol–water partition coefficient (Wildman–Crippen LogP) is 3.40. The van der Waals surface area contributed by atoms with E-state index in [0.29, 0.717) is 6.54 Å². The highest BCUT2D eigenvalue weighted by atomic mass is 16.4. The van der Waals surface area contributed by atoms with Crippen molar-refractivity contribution in [3.05, 3.63) is 36.3 Å². The van der Waals surface area contributed by atoms with Crippen LogP contribution in [0, 0.1) is 5.41 Å². The number of para-hydroxylation sites is 1. The number of aryl methyl sites for hydroxylation is 1. The average Bonchev–Trinajstić information content (AvgIpc) is 2.88. The van der Waals surface area contributed by atoms with Crippen LogP contribution in [0.15, 0.2) is 30.5 Å². The Morgan fingerprint density at radius 1 is 1.30 bits per heavy atom. The number of carboxylic acids is 1. The fourth-order valence-electron chi connectivity index (χ4n) is 3.60. The van der Waals surface area contributed by atoms with E-state index >= 15 is 0 Å². The number of aromatic nitrogens is 3. The largest absolute Gasteiger partial charge is 0.481 e. The number of hydrogen-bond acceptors (Lipinski definition) is 3. The van der Waals surface area contributed by atoms with Gasteiger partial charge in [0.15, 0.2) is 0 Å². The van der Waals surface area contributed by atoms with Crippen LogP contribution in [0.2, 0.25) is 0 Å². The number of rotatable bonds is 4. The van der Waals surface area contributed by atoms with Gasteiger partial charge in [-0.15, -0.1) is 0 Å². The Kier molecular flexibility index (Phi) is 3.11. The molecule has 0 atom stereocenters. The molecular weight excluding hydrogens is 290 g/mol. The highest BCUT2D eigenvalue weighted by Crippen LogP contribution is 2.43. The SMILES string of the molecule is CCc1nc2cnc3ccccc3c2n1CC1(C(=O)O)CCC1. The Bertz CT molecular complexity index is 909. The molecule has 3 aromatic rings. The molecule has 1 aliphatic rings. The van der Waals surface area contributed by atoms with E-state index in [-0.39, 0.29) is 0 Å². The van der Waals surface area contributed by atoms with E-state index in [2.05, 4.69) is 16.5 Å². The van der Waals surface area contributed by atoms with Gasteiger partial charge in [0.2, 0.25) is 0 Å². The van der Waals surface area contributed by atoms with Crippen molar-refractivity contribution < 1.29 is 9.90 Å². The second-order valence-corrected chi connectivity index (χ2v) is 6.42. The summed E-state index contributed by atoms with van der Waals surface area (Å²) in [5.41, 5.74) is 2.14. The van der Waals surface area contributed by atoms with Gasteiger partial charge in [-0.25, -0.2) is 4.98 Å². The van der Waals surface area contributed by atoms with Crippen LogP contribution in [0.1, 0.15) is 32.0 Å². The predicted molar refractivity (Wildman–Crippen MR) is 88.3 cm³/mol. The molecule has 5 heteroatoms. The third kappa shape index (κ3) is 2.03. The van der Waals surface area contributed by atoms with Gasteiger partial charge in [0.05, 0.1) is 22.6 Å². The van der Waals surface area contributed by atoms with Gasteiger partial charge in [-0.1, -0.05) is 31.5 Å². The van der Waals surface area contributed by atoms with Gasteiger partial charge in [-0.2, -0.15) is 0 Å². The molecular formula is C18H19N3O2. The van der Waals surface area contributed by atoms with Crippen LogP contribution in [0.4, 0.5) is 0 Å². The van der Waals surface area contributed by atoms with Gasteiger partial charge in [0.25, 0.3) is 0 Å². The van der Waals surface area contributed by atoms with Crippen molar-refractivity contribution in [3.8, 4) is 0 Å². The topological polar surface area (TPSA) is 68.0 Å². The minimum Gasteiger partial charge on any atom is -0.481 e. The van der Waals surface area contributed by atoms with Crippen LogP contribution in [0.3, 0.4) is 0 Å². The van der Waals surface area contributed by atoms with Gasteiger partial charge < -0.3 is 9.67 Å². The highest BCUT2D eigenvalue weighted by molar-refractivity contribution is 6.02. The zero-order valence-electron chi connectivity index (χ0n) is 13.1. The molecule has 2 aromatic heterocycles. The van der Waals surface area contributed by atoms with E-state index in [9.17, 15) is 9.90 Å². The van der Waals surface area contributed by atoms with Gasteiger partial charge in [0, 0.05) is 18.4 Å². The third-order valence-electron chi connectivity index (χ3n) is 5.10. The summed E-state index contributed by atoms with van der Waals surface area (Å²) in [4.78, 5) is 20.9. The first-order valence-electron chi connectivity index (χ1n) is 8.11. The Morgan fingerprint density at radius 3 is 2.74 bits per heavy atom. The summed E-state index contributed by atoms with van der Waals surface area (Å²) in [5.74, 6) is 0.247. The Morgan fingerprint density at radius 2 is 2.09 bits per heavy atom. The number of pyridine rings is 1. The quantitative estimate of drug-likeness (QED) is 0.802. The molecule has 1 aliphatic carbocycles. The number of hydrogen-bond donors (Lipinski definition) is 1. The van der Waals surface area contributed by atoms with Crippen LogP contribution >= 0.6 is 0 Å². The summed E-state index contributed by atoms with van der Waals surface area (Å²) >= 11 is 0. The first-order chi connectivity index (χ1) is 11.1. The molecule has 2 heterocycles. The summed E-state index contributed by atoms with van der Waals surface area (Å²) in [7, 11) is 0. The number of benzene rings is 1. The first kappa shape index (κ1) is 14.2. The molecule has 0 radical (unpaired) electrons. The first-order valence-corrected chi connectivity index (χ1v) is 8.11. The van der Waals surface area contributed by atoms with Crippen LogP contribution < -0.4 is 0 Å². The molecule has 118 valence electrons. The Hall–Kier alpha value is -2.43. The van der Waals surface area contributed by atoms with E-state index in [4.69, 9.17) is 4.98 Å². The van der Waals surface area contributed by atoms with Crippen molar-refractivity contribution in [3.63, 3.8) is 0 Å². The number of nitrogens with zero attached hydrogens (tertiary/aromatic N) is 3. The lowest BCUT2D eigenvalue weighted by Crippen LogP contribution is -2.42. The molecule has 0 saturated heterocycles. The normalized spacial score (nSPS) is 16.6. The molecule has 0 spiro atoms. The minimum atomic E-state index is -0.689. The summed E-state index contributed by atoms with van der Waals surface area (Å²) in [6, 6.07) is 7.97. The second-order valence-electron chi connectivity index (χ2n) is 6.42. The highest BCUT2D eigenvalue weighted by Gasteiger charge is 2.45. The number of carboxylic acid groups (broad SMARTS) is 1. The lowest BCUT2D eigenvalue weighted by molar-refractivity contribution is -0.155. The number of imidazole rings is 1. The van der Waals surface area contributed by atoms with E-state index < -0.39 is 11.4 Å². The molecule has 1 aromatic carbocycles. The molecule has 0 amide bonds. The van der Waals surface area contributed by atoms with Crippen molar-refractivity contribution >= 4 is 27.9 Å². The van der Waals surface area contributed by atoms with Gasteiger partial charge in [-0.05, 0) is 18.9 Å². The zero-order valence-corrected chi connectivity index (χ0v) is 13.1. The third-order valence-corrected chi connectivity index (χ3v) is 5.10. The van der Waals surface area contributed by atoms with Gasteiger partial charge in [-0.3, -0.25) is 9.78 Å². The maximum atomic E-state index is 11.8. The van der Waals surface area contributed by atoms with Gasteiger partial charge in [0.1, 0.15) is 11.3 Å². The standard InChI is InChI=1S/C18H19N3O2/c1-2-15-20-14-10-19-13-7-4-3-6-12(13)16(14)21(15)11-18(17(22)23)8-5-9-18/h3-4,6-7,10H,2,5,8-9,11H2,1H3,(H,22,23). The molecule has 4 rings (SSSR count). The van der Waals surface area contributed by atoms with Crippen molar-refractivity contribution in [1.29, 1.82) is 0 Å². The van der Waals surface area contributed by atoms with Crippen LogP contribution in [0.25, 0.3) is 21.9 Å². The number of carbonyl (C=O) groups is 1. The fraction of sp³-hybridized carbons (Fsp3) is 0.389. The zero-order chi connectivity index (χ0) is 16.0. The molecule has 0 unspecified atom stereocenters. The smallest absolute Gasteiger partial charge is 0.311 e. The van der Waals surface area contributed by atoms with Crippen molar-refractivity contribution in [2.24, 2.45) is 5.41 Å². The van der Waals surface area contributed by atoms with E-state index in [0.717, 1.165) is 53.4 Å². The summed E-state index contributed by atoms with van der Waals surface area (Å²) in [6.07, 6.45) is 5.05. The molecule has 0 aliphatic heterocycles. The van der Waals surface area contributed by atoms with Crippen LogP contribution in [0.5, 0.6) is 0 Å². The summed E-state index contributed by atoms with van der Waals surface area (Å²) in [5, 5.41) is 10.7. The van der Waals surface area contributed by atoms with Crippen LogP contribution in [-0.4, -0.2) is 25.6 Å². The van der Waals surface area contributed by atoms with Crippen molar-refractivity contribution in [1.82, 2.24) is 14.5 Å². The molecule has 5 nitrogen and oxygen atoms in total. The maximum absolute atomic E-state index is 11.8. The Balaban J connectivity index is 1.96. The molecule has 1 saturated carbocycles. The minimum absolute atomic E-state index is 0.496. The monoisotopic (exact) mass is 309 g/mol. The molecule has 0 bridgehead atoms. The molecule has 23 heavy (non-hydrogen) atoms. The lowest BCUT2D eigenvalue weighted by Gasteiger charge is -2.38. The van der Waals surface area contributed by atoms with Crippen molar-refractivity contribution in [2.75, 3.05) is 0 Å². The van der Waals surface area contributed by atoms with Gasteiger partial charge >= 0.3 is 5.97 Å². The van der Waals surface area contributed by atoms with E-state index in [1.54, 1.807) is 6.20 Å². The lowest BCUT2D eigenvalue weighted by atomic mass is 9.68. The summed E-state index contributed by atoms with van der Waals surface area (Å²) in [6.45, 7) is 2.55. The summed E-state index contributed by atoms with van der Waals surface area (Å²) < 4.78 is 2.12. The van der Waals surface area contributed by atoms with E-state index in [1.807, 2.05) is 24.3 Å². The fourth-order valence-corrected chi connectivity index (χ4v) is 3.60. The second kappa shape index (κ2) is 5.05. The number of fused-ring (bicyclic) bond motifs is 3. The molecule has 1 N–H and O–H groups in total. The van der Waals surface area contributed by atoms with Crippen molar-refractivity contribution in [2.45, 2.75) is 39.2 Å².